The second kappa shape index (κ2) is 3.18. The lowest BCUT2D eigenvalue weighted by molar-refractivity contribution is -0.140. The second-order valence-electron chi connectivity index (χ2n) is 4.01. The van der Waals surface area contributed by atoms with Crippen molar-refractivity contribution in [2.75, 3.05) is 0 Å². The molecule has 1 saturated carbocycles. The van der Waals surface area contributed by atoms with Crippen LogP contribution in [0, 0.1) is 0 Å². The number of aromatic amines is 1. The fourth-order valence-corrected chi connectivity index (χ4v) is 2.49. The Balaban J connectivity index is 1.98. The Morgan fingerprint density at radius 1 is 1.56 bits per heavy atom. The molecule has 0 aliphatic heterocycles. The number of nitrogens with one attached hydrogen (secondary N) is 1. The number of rotatable bonds is 3. The van der Waals surface area contributed by atoms with Gasteiger partial charge in [0.1, 0.15) is 11.2 Å². The number of hydrogen-bond acceptors (Lipinski definition) is 3. The van der Waals surface area contributed by atoms with Gasteiger partial charge in [0.15, 0.2) is 0 Å². The molecule has 4 nitrogen and oxygen atoms in total. The van der Waals surface area contributed by atoms with Crippen LogP contribution in [0.25, 0.3) is 10.6 Å². The number of nitrogens with zero attached hydrogens (tertiary/aromatic N) is 1. The van der Waals surface area contributed by atoms with E-state index in [1.54, 1.807) is 17.5 Å². The number of carboxylic acids is 1. The summed E-state index contributed by atoms with van der Waals surface area (Å²) in [7, 11) is 0. The van der Waals surface area contributed by atoms with Crippen LogP contribution < -0.4 is 0 Å². The van der Waals surface area contributed by atoms with Gasteiger partial charge >= 0.3 is 5.97 Å². The molecule has 0 spiro atoms. The van der Waals surface area contributed by atoms with E-state index in [0.717, 1.165) is 10.6 Å². The zero-order chi connectivity index (χ0) is 11.2. The molecule has 0 unspecified atom stereocenters. The number of carbonyl (C=O) groups is 1. The number of thiophene rings is 1. The lowest BCUT2D eigenvalue weighted by atomic mass is 10.1. The van der Waals surface area contributed by atoms with Gasteiger partial charge < -0.3 is 10.1 Å². The smallest absolute Gasteiger partial charge is 0.317 e. The lowest BCUT2D eigenvalue weighted by Crippen LogP contribution is -2.20. The number of carboxylic acid groups (broad SMARTS) is 1. The highest BCUT2D eigenvalue weighted by molar-refractivity contribution is 7.13. The molecule has 1 aliphatic carbocycles. The van der Waals surface area contributed by atoms with Crippen molar-refractivity contribution in [2.45, 2.75) is 18.3 Å². The Morgan fingerprint density at radius 2 is 2.38 bits per heavy atom. The quantitative estimate of drug-likeness (QED) is 0.856. The van der Waals surface area contributed by atoms with Crippen LogP contribution in [0.1, 0.15) is 18.7 Å². The second-order valence-corrected chi connectivity index (χ2v) is 4.96. The molecule has 2 aromatic heterocycles. The Kier molecular flexibility index (Phi) is 1.91. The molecule has 0 aromatic carbocycles. The van der Waals surface area contributed by atoms with E-state index in [1.165, 1.54) is 0 Å². The Morgan fingerprint density at radius 3 is 2.94 bits per heavy atom. The minimum Gasteiger partial charge on any atom is -0.480 e. The molecule has 1 fully saturated rings. The first kappa shape index (κ1) is 9.59. The van der Waals surface area contributed by atoms with Crippen LogP contribution in [0.2, 0.25) is 0 Å². The fourth-order valence-electron chi connectivity index (χ4n) is 1.80. The Labute approximate surface area is 96.0 Å². The summed E-state index contributed by atoms with van der Waals surface area (Å²) in [6.07, 6.45) is 3.07. The number of hydrogen-bond donors (Lipinski definition) is 2. The van der Waals surface area contributed by atoms with Gasteiger partial charge in [-0.15, -0.1) is 11.3 Å². The molecule has 0 atom stereocenters. The number of aliphatic carboxylic acids is 1. The Bertz CT molecular complexity index is 526. The van der Waals surface area contributed by atoms with E-state index < -0.39 is 11.4 Å². The third kappa shape index (κ3) is 1.28. The summed E-state index contributed by atoms with van der Waals surface area (Å²) in [5.74, 6) is -0.192. The van der Waals surface area contributed by atoms with Gasteiger partial charge in [0.25, 0.3) is 0 Å². The molecule has 3 rings (SSSR count). The molecule has 0 bridgehead atoms. The van der Waals surface area contributed by atoms with Crippen molar-refractivity contribution in [2.24, 2.45) is 0 Å². The monoisotopic (exact) mass is 234 g/mol. The predicted octanol–water partition coefficient (Wildman–Crippen LogP) is 2.25. The minimum atomic E-state index is -0.778. The highest BCUT2D eigenvalue weighted by atomic mass is 32.1. The summed E-state index contributed by atoms with van der Waals surface area (Å²) < 4.78 is 0. The average molecular weight is 234 g/mol. The van der Waals surface area contributed by atoms with Crippen molar-refractivity contribution < 1.29 is 9.90 Å². The van der Waals surface area contributed by atoms with Crippen molar-refractivity contribution in [3.05, 3.63) is 29.5 Å². The van der Waals surface area contributed by atoms with E-state index in [1.807, 2.05) is 17.5 Å². The van der Waals surface area contributed by atoms with Crippen LogP contribution >= 0.6 is 11.3 Å². The molecule has 0 saturated heterocycles. The van der Waals surface area contributed by atoms with Crippen LogP contribution in [0.4, 0.5) is 0 Å². The van der Waals surface area contributed by atoms with Gasteiger partial charge in [0.2, 0.25) is 0 Å². The molecule has 2 N–H and O–H groups in total. The molecule has 82 valence electrons. The third-order valence-electron chi connectivity index (χ3n) is 2.98. The molecule has 16 heavy (non-hydrogen) atoms. The van der Waals surface area contributed by atoms with Crippen molar-refractivity contribution in [3.63, 3.8) is 0 Å². The fraction of sp³-hybridized carbons (Fsp3) is 0.273. The highest BCUT2D eigenvalue weighted by Gasteiger charge is 2.54. The van der Waals surface area contributed by atoms with E-state index in [9.17, 15) is 4.79 Å². The van der Waals surface area contributed by atoms with Gasteiger partial charge in [-0.25, -0.2) is 4.98 Å². The third-order valence-corrected chi connectivity index (χ3v) is 3.88. The molecule has 2 aromatic rings. The van der Waals surface area contributed by atoms with Gasteiger partial charge in [-0.1, -0.05) is 6.07 Å². The number of imidazole rings is 1. The topological polar surface area (TPSA) is 66.0 Å². The van der Waals surface area contributed by atoms with Crippen LogP contribution in [-0.4, -0.2) is 21.0 Å². The van der Waals surface area contributed by atoms with Crippen molar-refractivity contribution in [1.82, 2.24) is 9.97 Å². The highest BCUT2D eigenvalue weighted by Crippen LogP contribution is 2.47. The van der Waals surface area contributed by atoms with E-state index in [-0.39, 0.29) is 0 Å². The van der Waals surface area contributed by atoms with Crippen molar-refractivity contribution in [1.29, 1.82) is 0 Å². The summed E-state index contributed by atoms with van der Waals surface area (Å²) in [6.45, 7) is 0. The van der Waals surface area contributed by atoms with Crippen LogP contribution in [0.5, 0.6) is 0 Å². The lowest BCUT2D eigenvalue weighted by Gasteiger charge is -2.04. The number of H-pyrrole nitrogens is 1. The zero-order valence-corrected chi connectivity index (χ0v) is 9.25. The molecule has 0 radical (unpaired) electrons. The minimum absolute atomic E-state index is 0.586. The van der Waals surface area contributed by atoms with Crippen molar-refractivity contribution >= 4 is 17.3 Å². The maximum absolute atomic E-state index is 11.1. The van der Waals surface area contributed by atoms with Crippen LogP contribution in [-0.2, 0) is 10.2 Å². The molecule has 0 amide bonds. The summed E-state index contributed by atoms with van der Waals surface area (Å²) in [4.78, 5) is 19.5. The first-order valence-electron chi connectivity index (χ1n) is 5.05. The van der Waals surface area contributed by atoms with Gasteiger partial charge in [-0.05, 0) is 24.3 Å². The molecule has 1 aliphatic rings. The van der Waals surface area contributed by atoms with E-state index in [4.69, 9.17) is 5.11 Å². The summed E-state index contributed by atoms with van der Waals surface area (Å²) in [5, 5.41) is 11.1. The van der Waals surface area contributed by atoms with Crippen LogP contribution in [0.3, 0.4) is 0 Å². The molecule has 5 heteroatoms. The van der Waals surface area contributed by atoms with E-state index in [0.29, 0.717) is 18.7 Å². The van der Waals surface area contributed by atoms with Gasteiger partial charge in [0, 0.05) is 0 Å². The summed E-state index contributed by atoms with van der Waals surface area (Å²) >= 11 is 1.61. The molecular formula is C11H10N2O2S. The Hall–Kier alpha value is -1.62. The summed E-state index contributed by atoms with van der Waals surface area (Å²) in [5.41, 5.74) is 0.160. The van der Waals surface area contributed by atoms with Crippen molar-refractivity contribution in [3.8, 4) is 10.6 Å². The van der Waals surface area contributed by atoms with E-state index >= 15 is 0 Å². The largest absolute Gasteiger partial charge is 0.480 e. The standard InChI is InChI=1S/C11H10N2O2S/c14-10(15)11(3-4-11)9-12-6-7(13-9)8-2-1-5-16-8/h1-2,5-6H,3-4H2,(H,12,13)(H,14,15). The van der Waals surface area contributed by atoms with Gasteiger partial charge in [0.05, 0.1) is 16.8 Å². The van der Waals surface area contributed by atoms with Gasteiger partial charge in [-0.3, -0.25) is 4.79 Å². The first-order valence-corrected chi connectivity index (χ1v) is 5.93. The van der Waals surface area contributed by atoms with Gasteiger partial charge in [-0.2, -0.15) is 0 Å². The molecular weight excluding hydrogens is 224 g/mol. The predicted molar refractivity (Wildman–Crippen MR) is 60.4 cm³/mol. The average Bonchev–Trinajstić information content (AvgIpc) is 2.75. The maximum atomic E-state index is 11.1. The van der Waals surface area contributed by atoms with Crippen LogP contribution in [0.15, 0.2) is 23.7 Å². The molecule has 2 heterocycles. The normalized spacial score (nSPS) is 17.2. The number of aromatic nitrogens is 2. The zero-order valence-electron chi connectivity index (χ0n) is 8.43. The summed E-state index contributed by atoms with van der Waals surface area (Å²) in [6, 6.07) is 3.95. The van der Waals surface area contributed by atoms with E-state index in [2.05, 4.69) is 9.97 Å². The first-order chi connectivity index (χ1) is 7.72. The SMILES string of the molecule is O=C(O)C1(c2ncc(-c3cccs3)[nH]2)CC1. The maximum Gasteiger partial charge on any atom is 0.317 e.